The second-order valence-electron chi connectivity index (χ2n) is 17.0. The summed E-state index contributed by atoms with van der Waals surface area (Å²) < 4.78 is 45.8. The first-order valence-corrected chi connectivity index (χ1v) is 23.8. The van der Waals surface area contributed by atoms with Crippen LogP contribution in [0.4, 0.5) is 9.93 Å². The molecule has 7 rings (SSSR count). The summed E-state index contributed by atoms with van der Waals surface area (Å²) in [6, 6.07) is 5.33. The second kappa shape index (κ2) is 17.4. The van der Waals surface area contributed by atoms with Gasteiger partial charge in [0.1, 0.15) is 40.8 Å². The smallest absolute Gasteiger partial charge is 0.408 e. The lowest BCUT2D eigenvalue weighted by molar-refractivity contribution is -0.140. The molecule has 4 N–H and O–H groups in total. The second-order valence-corrected chi connectivity index (χ2v) is 21.0. The molecular weight excluding hydrogens is 831 g/mol. The predicted molar refractivity (Wildman–Crippen MR) is 231 cm³/mol. The highest BCUT2D eigenvalue weighted by Crippen LogP contribution is 2.46. The van der Waals surface area contributed by atoms with Gasteiger partial charge < -0.3 is 35.1 Å². The van der Waals surface area contributed by atoms with Crippen LogP contribution in [-0.4, -0.2) is 113 Å². The predicted octanol–water partition coefficient (Wildman–Crippen LogP) is 5.00. The molecule has 2 aliphatic heterocycles. The highest BCUT2D eigenvalue weighted by molar-refractivity contribution is 7.99. The number of fused-ring (bicyclic) bond motifs is 3. The molecule has 60 heavy (non-hydrogen) atoms. The average molecular weight is 884 g/mol. The molecule has 2 aromatic heterocycles. The number of carbonyl (C=O) groups is 4. The third kappa shape index (κ3) is 10.1. The lowest BCUT2D eigenvalue weighted by Crippen LogP contribution is -2.58. The number of thiazole rings is 1. The quantitative estimate of drug-likeness (QED) is 0.198. The molecule has 5 atom stereocenters. The first kappa shape index (κ1) is 43.5. The van der Waals surface area contributed by atoms with Gasteiger partial charge in [0.15, 0.2) is 5.13 Å². The van der Waals surface area contributed by atoms with Crippen LogP contribution >= 0.6 is 23.1 Å². The van der Waals surface area contributed by atoms with Crippen molar-refractivity contribution in [2.75, 3.05) is 30.5 Å². The normalized spacial score (nSPS) is 25.6. The number of rotatable bonds is 10. The minimum atomic E-state index is -3.92. The Hall–Kier alpha value is -4.62. The van der Waals surface area contributed by atoms with Crippen molar-refractivity contribution < 1.29 is 41.8 Å². The Balaban J connectivity index is 1.23. The third-order valence-corrected chi connectivity index (χ3v) is 14.3. The molecule has 0 radical (unpaired) electrons. The van der Waals surface area contributed by atoms with Gasteiger partial charge in [-0.3, -0.25) is 19.1 Å². The van der Waals surface area contributed by atoms with Gasteiger partial charge in [-0.2, -0.15) is 11.8 Å². The number of pyridine rings is 1. The third-order valence-electron chi connectivity index (χ3n) is 10.6. The van der Waals surface area contributed by atoms with E-state index in [-0.39, 0.29) is 37.1 Å². The van der Waals surface area contributed by atoms with Gasteiger partial charge in [0.25, 0.3) is 5.91 Å². The van der Waals surface area contributed by atoms with E-state index in [1.165, 1.54) is 28.0 Å². The zero-order chi connectivity index (χ0) is 43.0. The zero-order valence-corrected chi connectivity index (χ0v) is 37.1. The molecule has 3 fully saturated rings. The number of hydrogen-bond donors (Lipinski definition) is 4. The summed E-state index contributed by atoms with van der Waals surface area (Å²) >= 11 is 2.94. The molecule has 1 saturated heterocycles. The molecule has 4 heterocycles. The molecule has 324 valence electrons. The number of nitrogens with zero attached hydrogens (tertiary/aromatic N) is 3. The fourth-order valence-corrected chi connectivity index (χ4v) is 10.6. The van der Waals surface area contributed by atoms with Gasteiger partial charge in [-0.1, -0.05) is 12.2 Å². The van der Waals surface area contributed by atoms with Gasteiger partial charge in [0.2, 0.25) is 27.7 Å². The van der Waals surface area contributed by atoms with E-state index < -0.39 is 74.3 Å². The van der Waals surface area contributed by atoms with E-state index in [1.54, 1.807) is 33.9 Å². The average Bonchev–Trinajstić information content (AvgIpc) is 4.06. The molecule has 16 nitrogen and oxygen atoms in total. The lowest BCUT2D eigenvalue weighted by Gasteiger charge is -2.30. The van der Waals surface area contributed by atoms with Crippen molar-refractivity contribution >= 4 is 72.8 Å². The van der Waals surface area contributed by atoms with E-state index in [4.69, 9.17) is 24.2 Å². The van der Waals surface area contributed by atoms with Crippen LogP contribution in [-0.2, 0) is 29.1 Å². The Bertz CT molecular complexity index is 2270. The van der Waals surface area contributed by atoms with Crippen LogP contribution in [0.1, 0.15) is 73.1 Å². The number of benzene rings is 1. The Morgan fingerprint density at radius 1 is 1.10 bits per heavy atom. The molecule has 3 aromatic rings. The molecule has 2 saturated carbocycles. The number of nitrogens with one attached hydrogen (secondary N) is 4. The number of thioether (sulfide) groups is 1. The molecule has 0 spiro atoms. The first-order valence-electron chi connectivity index (χ1n) is 20.2. The largest absolute Gasteiger partial charge is 0.497 e. The highest BCUT2D eigenvalue weighted by atomic mass is 32.2. The van der Waals surface area contributed by atoms with Crippen LogP contribution in [0, 0.1) is 5.92 Å². The van der Waals surface area contributed by atoms with E-state index in [9.17, 15) is 27.6 Å². The maximum atomic E-state index is 14.7. The van der Waals surface area contributed by atoms with E-state index >= 15 is 0 Å². The fraction of sp³-hybridized carbons (Fsp3) is 0.561. The molecule has 2 aliphatic carbocycles. The maximum Gasteiger partial charge on any atom is 0.408 e. The van der Waals surface area contributed by atoms with E-state index in [2.05, 4.69) is 20.7 Å². The number of anilines is 1. The van der Waals surface area contributed by atoms with Crippen molar-refractivity contribution in [3.8, 4) is 23.0 Å². The van der Waals surface area contributed by atoms with E-state index in [1.807, 2.05) is 49.6 Å². The fourth-order valence-electron chi connectivity index (χ4n) is 7.35. The summed E-state index contributed by atoms with van der Waals surface area (Å²) in [5.41, 5.74) is -1.20. The Morgan fingerprint density at radius 2 is 1.88 bits per heavy atom. The van der Waals surface area contributed by atoms with Gasteiger partial charge >= 0.3 is 6.09 Å². The van der Waals surface area contributed by atoms with Crippen LogP contribution in [0.25, 0.3) is 22.2 Å². The van der Waals surface area contributed by atoms with Crippen molar-refractivity contribution in [2.24, 2.45) is 5.92 Å². The molecular formula is C41H53N7O9S3. The number of alkyl carbamates (subject to hydrolysis) is 1. The van der Waals surface area contributed by atoms with Crippen molar-refractivity contribution in [1.82, 2.24) is 30.2 Å². The minimum Gasteiger partial charge on any atom is -0.497 e. The van der Waals surface area contributed by atoms with Crippen molar-refractivity contribution in [3.63, 3.8) is 0 Å². The summed E-state index contributed by atoms with van der Waals surface area (Å²) in [4.78, 5) is 67.2. The number of sulfonamides is 1. The van der Waals surface area contributed by atoms with Gasteiger partial charge in [-0.25, -0.2) is 23.2 Å². The van der Waals surface area contributed by atoms with Crippen LogP contribution < -0.4 is 30.1 Å². The van der Waals surface area contributed by atoms with Gasteiger partial charge in [-0.15, -0.1) is 11.3 Å². The topological polar surface area (TPSA) is 207 Å². The number of allylic oxidation sites excluding steroid dienone is 1. The monoisotopic (exact) mass is 883 g/mol. The van der Waals surface area contributed by atoms with Crippen LogP contribution in [0.15, 0.2) is 41.8 Å². The minimum absolute atomic E-state index is 0.00512. The molecule has 19 heteroatoms. The van der Waals surface area contributed by atoms with Gasteiger partial charge in [0.05, 0.1) is 24.6 Å². The molecule has 1 aromatic carbocycles. The van der Waals surface area contributed by atoms with Crippen LogP contribution in [0.5, 0.6) is 11.6 Å². The molecule has 4 aliphatic rings. The molecule has 0 bridgehead atoms. The summed E-state index contributed by atoms with van der Waals surface area (Å²) in [7, 11) is -2.34. The van der Waals surface area contributed by atoms with Gasteiger partial charge in [-0.05, 0) is 102 Å². The first-order chi connectivity index (χ1) is 28.4. The number of hydrogen-bond acceptors (Lipinski definition) is 14. The number of aromatic nitrogens is 2. The highest BCUT2D eigenvalue weighted by Gasteiger charge is 2.62. The maximum absolute atomic E-state index is 14.7. The van der Waals surface area contributed by atoms with Gasteiger partial charge in [0, 0.05) is 34.9 Å². The summed E-state index contributed by atoms with van der Waals surface area (Å²) in [5, 5.41) is 12.4. The number of methoxy groups -OCH3 is 1. The standard InChI is InChI=1S/C41H53N7O9S3/c1-23(2)42-38-44-31(22-59-38)30-17-24-16-26(55-6)11-14-29(24)35(43-30)56-27-18-33-34(49)46-41(37(51)47-60(53,54)28-12-13-28)19-25(41)10-8-7-9-15-58-21-32(36(50)48(33)20-27)45-39(52)57-40(3,4)5/h8,10-11,14,16-17,22-23,25,27-28,32-33H,7,9,12-13,15,18-21H2,1-6H3,(H,42,44)(H,45,52)(H,46,49)(H,47,51)/b10-8-/t25?,27?,32-,33-,41+/m0/s1. The summed E-state index contributed by atoms with van der Waals surface area (Å²) in [5.74, 6) is -0.677. The van der Waals surface area contributed by atoms with Crippen molar-refractivity contribution in [3.05, 3.63) is 41.8 Å². The molecule has 2 unspecified atom stereocenters. The van der Waals surface area contributed by atoms with E-state index in [0.717, 1.165) is 16.9 Å². The number of amides is 4. The van der Waals surface area contributed by atoms with Crippen LogP contribution in [0.2, 0.25) is 0 Å². The Kier molecular flexibility index (Phi) is 12.6. The number of carbonyl (C=O) groups excluding carboxylic acids is 4. The lowest BCUT2D eigenvalue weighted by atomic mass is 10.1. The van der Waals surface area contributed by atoms with Crippen LogP contribution in [0.3, 0.4) is 0 Å². The Morgan fingerprint density at radius 3 is 2.60 bits per heavy atom. The summed E-state index contributed by atoms with van der Waals surface area (Å²) in [6.45, 7) is 9.16. The van der Waals surface area contributed by atoms with Crippen molar-refractivity contribution in [1.29, 1.82) is 0 Å². The van der Waals surface area contributed by atoms with Crippen molar-refractivity contribution in [2.45, 2.75) is 114 Å². The number of ether oxygens (including phenoxy) is 3. The molecule has 4 amide bonds. The zero-order valence-electron chi connectivity index (χ0n) is 34.6. The Labute approximate surface area is 358 Å². The summed E-state index contributed by atoms with van der Waals surface area (Å²) in [6.07, 6.45) is 4.77. The SMILES string of the molecule is COc1ccc2c(OC3C[C@H]4C(=O)N[C@]5(C(=O)NS(=O)(=O)C6CC6)CC5/C=C\CCCSC[C@H](NC(=O)OC(C)(C)C)C(=O)N4C3)nc(-c3csc(NC(C)C)n3)cc2c1. The van der Waals surface area contributed by atoms with E-state index in [0.29, 0.717) is 47.5 Å².